The van der Waals surface area contributed by atoms with Crippen LogP contribution in [0.4, 0.5) is 5.69 Å². The van der Waals surface area contributed by atoms with Gasteiger partial charge in [-0.1, -0.05) is 43.0 Å². The van der Waals surface area contributed by atoms with E-state index in [1.165, 1.54) is 18.9 Å². The molecule has 0 spiro atoms. The number of para-hydroxylation sites is 2. The van der Waals surface area contributed by atoms with E-state index >= 15 is 0 Å². The Morgan fingerprint density at radius 3 is 2.51 bits per heavy atom. The second-order valence-corrected chi connectivity index (χ2v) is 8.85. The Morgan fingerprint density at radius 2 is 1.86 bits per heavy atom. The number of amides is 3. The summed E-state index contributed by atoms with van der Waals surface area (Å²) in [6.07, 6.45) is 6.08. The van der Waals surface area contributed by atoms with Crippen molar-refractivity contribution in [3.63, 3.8) is 0 Å². The van der Waals surface area contributed by atoms with Gasteiger partial charge in [0.2, 0.25) is 23.6 Å². The molecule has 35 heavy (non-hydrogen) atoms. The van der Waals surface area contributed by atoms with Crippen molar-refractivity contribution in [2.75, 3.05) is 25.5 Å². The fraction of sp³-hybridized carbons (Fsp3) is 0.560. The second kappa shape index (κ2) is 12.3. The van der Waals surface area contributed by atoms with E-state index in [1.807, 2.05) is 13.0 Å². The molecule has 1 saturated carbocycles. The van der Waals surface area contributed by atoms with Gasteiger partial charge in [0, 0.05) is 26.3 Å². The minimum atomic E-state index is -0.625. The third-order valence-electron chi connectivity index (χ3n) is 6.27. The number of aromatic nitrogens is 2. The number of benzene rings is 1. The first-order valence-electron chi connectivity index (χ1n) is 12.2. The highest BCUT2D eigenvalue weighted by Crippen LogP contribution is 2.34. The van der Waals surface area contributed by atoms with Crippen LogP contribution < -0.4 is 15.4 Å². The summed E-state index contributed by atoms with van der Waals surface area (Å²) in [6, 6.07) is 7.10. The van der Waals surface area contributed by atoms with Crippen molar-refractivity contribution in [1.82, 2.24) is 20.4 Å². The quantitative estimate of drug-likeness (QED) is 0.495. The minimum Gasteiger partial charge on any atom is -0.495 e. The number of ether oxygens (including phenoxy) is 1. The molecule has 1 aliphatic rings. The molecule has 1 heterocycles. The van der Waals surface area contributed by atoms with Crippen LogP contribution >= 0.6 is 0 Å². The number of nitrogens with one attached hydrogen (secondary N) is 2. The summed E-state index contributed by atoms with van der Waals surface area (Å²) in [6.45, 7) is 3.63. The fourth-order valence-corrected chi connectivity index (χ4v) is 4.48. The zero-order valence-corrected chi connectivity index (χ0v) is 20.8. The first-order chi connectivity index (χ1) is 16.9. The van der Waals surface area contributed by atoms with Crippen LogP contribution in [0.1, 0.15) is 70.5 Å². The predicted molar refractivity (Wildman–Crippen MR) is 130 cm³/mol. The Labute approximate surface area is 205 Å². The van der Waals surface area contributed by atoms with Gasteiger partial charge in [-0.3, -0.25) is 14.4 Å². The molecule has 0 radical (unpaired) electrons. The summed E-state index contributed by atoms with van der Waals surface area (Å²) >= 11 is 0. The van der Waals surface area contributed by atoms with Crippen molar-refractivity contribution in [3.8, 4) is 5.75 Å². The largest absolute Gasteiger partial charge is 0.495 e. The lowest BCUT2D eigenvalue weighted by molar-refractivity contribution is -0.134. The molecule has 0 saturated heterocycles. The van der Waals surface area contributed by atoms with Gasteiger partial charge < -0.3 is 24.8 Å². The maximum Gasteiger partial charge on any atom is 0.244 e. The van der Waals surface area contributed by atoms with Crippen LogP contribution in [0.2, 0.25) is 0 Å². The smallest absolute Gasteiger partial charge is 0.244 e. The normalized spacial score (nSPS) is 15.1. The summed E-state index contributed by atoms with van der Waals surface area (Å²) in [5, 5.41) is 10.0. The monoisotopic (exact) mass is 485 g/mol. The first-order valence-corrected chi connectivity index (χ1v) is 12.2. The van der Waals surface area contributed by atoms with Gasteiger partial charge in [0.15, 0.2) is 5.82 Å². The van der Waals surface area contributed by atoms with Crippen molar-refractivity contribution >= 4 is 23.4 Å². The summed E-state index contributed by atoms with van der Waals surface area (Å²) in [5.74, 6) is 0.743. The zero-order valence-electron chi connectivity index (χ0n) is 20.8. The van der Waals surface area contributed by atoms with E-state index in [0.29, 0.717) is 29.7 Å². The van der Waals surface area contributed by atoms with Gasteiger partial charge in [0.1, 0.15) is 11.3 Å². The average Bonchev–Trinajstić information content (AvgIpc) is 3.21. The average molecular weight is 486 g/mol. The molecule has 1 fully saturated rings. The molecule has 10 nitrogen and oxygen atoms in total. The number of hydrogen-bond donors (Lipinski definition) is 2. The Hall–Kier alpha value is -3.43. The van der Waals surface area contributed by atoms with Crippen LogP contribution in [0, 0.1) is 0 Å². The number of nitrogens with zero attached hydrogens (tertiary/aromatic N) is 3. The SMILES string of the molecule is CCN(CC(=O)Nc1ccccc1OC)C(=O)CCc1nc(C2(NC(C)=O)CCCCCC2)no1. The van der Waals surface area contributed by atoms with Crippen LogP contribution in [-0.4, -0.2) is 53.0 Å². The van der Waals surface area contributed by atoms with Gasteiger partial charge in [-0.2, -0.15) is 4.98 Å². The lowest BCUT2D eigenvalue weighted by Gasteiger charge is -2.30. The molecule has 1 aliphatic carbocycles. The number of likely N-dealkylation sites (N-methyl/N-ethyl adjacent to an activating group) is 1. The molecule has 3 rings (SSSR count). The van der Waals surface area contributed by atoms with Crippen molar-refractivity contribution in [2.45, 2.75) is 70.8 Å². The van der Waals surface area contributed by atoms with Gasteiger partial charge in [-0.25, -0.2) is 0 Å². The van der Waals surface area contributed by atoms with E-state index in [-0.39, 0.29) is 37.1 Å². The lowest BCUT2D eigenvalue weighted by atomic mass is 9.89. The molecular formula is C25H35N5O5. The summed E-state index contributed by atoms with van der Waals surface area (Å²) in [7, 11) is 1.53. The molecule has 0 aliphatic heterocycles. The van der Waals surface area contributed by atoms with Crippen LogP contribution in [0.25, 0.3) is 0 Å². The molecule has 0 bridgehead atoms. The van der Waals surface area contributed by atoms with E-state index < -0.39 is 5.54 Å². The molecule has 0 atom stereocenters. The van der Waals surface area contributed by atoms with E-state index in [2.05, 4.69) is 20.8 Å². The molecular weight excluding hydrogens is 450 g/mol. The molecule has 1 aromatic carbocycles. The highest BCUT2D eigenvalue weighted by molar-refractivity contribution is 5.95. The predicted octanol–water partition coefficient (Wildman–Crippen LogP) is 3.18. The highest BCUT2D eigenvalue weighted by Gasteiger charge is 2.38. The first kappa shape index (κ1) is 26.2. The number of hydrogen-bond acceptors (Lipinski definition) is 7. The third kappa shape index (κ3) is 7.03. The highest BCUT2D eigenvalue weighted by atomic mass is 16.5. The van der Waals surface area contributed by atoms with Crippen LogP contribution in [0.5, 0.6) is 5.75 Å². The van der Waals surface area contributed by atoms with Crippen molar-refractivity contribution in [1.29, 1.82) is 0 Å². The maximum atomic E-state index is 12.8. The summed E-state index contributed by atoms with van der Waals surface area (Å²) in [4.78, 5) is 43.2. The van der Waals surface area contributed by atoms with Crippen molar-refractivity contribution in [3.05, 3.63) is 36.0 Å². The molecule has 1 aromatic heterocycles. The molecule has 2 aromatic rings. The van der Waals surface area contributed by atoms with Gasteiger partial charge in [0.05, 0.1) is 19.3 Å². The van der Waals surface area contributed by atoms with Crippen LogP contribution in [0.3, 0.4) is 0 Å². The Kier molecular flexibility index (Phi) is 9.22. The van der Waals surface area contributed by atoms with E-state index in [9.17, 15) is 14.4 Å². The summed E-state index contributed by atoms with van der Waals surface area (Å²) in [5.41, 5.74) is -0.0753. The fourth-order valence-electron chi connectivity index (χ4n) is 4.48. The number of carbonyl (C=O) groups is 3. The van der Waals surface area contributed by atoms with E-state index in [4.69, 9.17) is 9.26 Å². The number of aryl methyl sites for hydroxylation is 1. The van der Waals surface area contributed by atoms with Crippen LogP contribution in [0.15, 0.2) is 28.8 Å². The lowest BCUT2D eigenvalue weighted by Crippen LogP contribution is -2.45. The molecule has 2 N–H and O–H groups in total. The number of rotatable bonds is 10. The number of carbonyl (C=O) groups excluding carboxylic acids is 3. The van der Waals surface area contributed by atoms with Crippen molar-refractivity contribution < 1.29 is 23.6 Å². The van der Waals surface area contributed by atoms with Gasteiger partial charge >= 0.3 is 0 Å². The Balaban J connectivity index is 1.59. The minimum absolute atomic E-state index is 0.0753. The van der Waals surface area contributed by atoms with E-state index in [1.54, 1.807) is 18.2 Å². The maximum absolute atomic E-state index is 12.8. The molecule has 0 unspecified atom stereocenters. The van der Waals surface area contributed by atoms with Gasteiger partial charge in [-0.05, 0) is 31.9 Å². The zero-order chi connectivity index (χ0) is 25.3. The second-order valence-electron chi connectivity index (χ2n) is 8.85. The van der Waals surface area contributed by atoms with Crippen LogP contribution in [-0.2, 0) is 26.3 Å². The van der Waals surface area contributed by atoms with E-state index in [0.717, 1.165) is 38.5 Å². The standard InChI is InChI=1S/C25H35N5O5/c1-4-30(17-21(32)26-19-11-7-8-12-20(19)34-3)23(33)14-13-22-27-24(29-35-22)25(28-18(2)31)15-9-5-6-10-16-25/h7-8,11-12H,4-6,9-10,13-17H2,1-3H3,(H,26,32)(H,28,31). The number of methoxy groups -OCH3 is 1. The molecule has 3 amide bonds. The molecule has 10 heteroatoms. The Bertz CT molecular complexity index is 1010. The topological polar surface area (TPSA) is 127 Å². The van der Waals surface area contributed by atoms with Crippen molar-refractivity contribution in [2.24, 2.45) is 0 Å². The Morgan fingerprint density at radius 1 is 1.14 bits per heavy atom. The third-order valence-corrected chi connectivity index (χ3v) is 6.27. The number of anilines is 1. The van der Waals surface area contributed by atoms with Gasteiger partial charge in [-0.15, -0.1) is 0 Å². The van der Waals surface area contributed by atoms with Gasteiger partial charge in [0.25, 0.3) is 0 Å². The molecule has 190 valence electrons. The summed E-state index contributed by atoms with van der Waals surface area (Å²) < 4.78 is 10.7.